The highest BCUT2D eigenvalue weighted by molar-refractivity contribution is 6.34. The third-order valence-electron chi connectivity index (χ3n) is 3.35. The lowest BCUT2D eigenvalue weighted by atomic mass is 10.2. The van der Waals surface area contributed by atoms with E-state index in [1.54, 1.807) is 19.1 Å². The minimum atomic E-state index is -0.780. The number of amides is 2. The topological polar surface area (TPSA) is 67.4 Å². The lowest BCUT2D eigenvalue weighted by Crippen LogP contribution is -2.33. The van der Waals surface area contributed by atoms with Crippen molar-refractivity contribution >= 4 is 40.7 Å². The molecule has 0 spiro atoms. The Labute approximate surface area is 154 Å². The molecular weight excluding hydrogens is 370 g/mol. The Morgan fingerprint density at radius 2 is 1.92 bits per heavy atom. The van der Waals surface area contributed by atoms with Gasteiger partial charge < -0.3 is 15.4 Å². The van der Waals surface area contributed by atoms with Gasteiger partial charge in [0.25, 0.3) is 5.91 Å². The number of rotatable bonds is 5. The van der Waals surface area contributed by atoms with Gasteiger partial charge in [0.2, 0.25) is 5.91 Å². The van der Waals surface area contributed by atoms with Crippen molar-refractivity contribution in [2.45, 2.75) is 6.92 Å². The summed E-state index contributed by atoms with van der Waals surface area (Å²) in [5.74, 6) is -1.67. The predicted octanol–water partition coefficient (Wildman–Crippen LogP) is 3.82. The molecule has 132 valence electrons. The molecule has 2 aromatic rings. The summed E-state index contributed by atoms with van der Waals surface area (Å²) in [6, 6.07) is 7.11. The quantitative estimate of drug-likeness (QED) is 0.823. The molecule has 2 rings (SSSR count). The fraction of sp³-hybridized carbons (Fsp3) is 0.176. The Morgan fingerprint density at radius 1 is 1.20 bits per heavy atom. The monoisotopic (exact) mass is 384 g/mol. The van der Waals surface area contributed by atoms with E-state index in [1.165, 1.54) is 19.2 Å². The van der Waals surface area contributed by atoms with Gasteiger partial charge in [0, 0.05) is 11.1 Å². The molecule has 0 fully saturated rings. The smallest absolute Gasteiger partial charge is 0.256 e. The number of nitrogens with one attached hydrogen (secondary N) is 2. The molecule has 8 heteroatoms. The molecule has 25 heavy (non-hydrogen) atoms. The van der Waals surface area contributed by atoms with Gasteiger partial charge in [-0.25, -0.2) is 4.39 Å². The fourth-order valence-corrected chi connectivity index (χ4v) is 2.49. The van der Waals surface area contributed by atoms with Crippen LogP contribution in [-0.4, -0.2) is 25.5 Å². The molecule has 0 atom stereocenters. The lowest BCUT2D eigenvalue weighted by Gasteiger charge is -2.13. The molecule has 0 heterocycles. The molecule has 0 unspecified atom stereocenters. The van der Waals surface area contributed by atoms with Gasteiger partial charge in [-0.3, -0.25) is 9.59 Å². The normalized spacial score (nSPS) is 10.3. The summed E-state index contributed by atoms with van der Waals surface area (Å²) in [6.45, 7) is 1.41. The van der Waals surface area contributed by atoms with Crippen molar-refractivity contribution in [3.63, 3.8) is 0 Å². The molecule has 2 N–H and O–H groups in total. The number of hydrogen-bond donors (Lipinski definition) is 2. The highest BCUT2D eigenvalue weighted by atomic mass is 35.5. The van der Waals surface area contributed by atoms with Gasteiger partial charge in [0.05, 0.1) is 29.9 Å². The van der Waals surface area contributed by atoms with Gasteiger partial charge in [-0.05, 0) is 30.7 Å². The van der Waals surface area contributed by atoms with Crippen molar-refractivity contribution < 1.29 is 18.7 Å². The number of hydrogen-bond acceptors (Lipinski definition) is 3. The van der Waals surface area contributed by atoms with Crippen LogP contribution in [0.5, 0.6) is 5.75 Å². The Hall–Kier alpha value is -2.31. The maximum Gasteiger partial charge on any atom is 0.256 e. The van der Waals surface area contributed by atoms with Crippen molar-refractivity contribution in [3.05, 3.63) is 57.3 Å². The number of carbonyl (C=O) groups is 2. The van der Waals surface area contributed by atoms with E-state index in [0.29, 0.717) is 16.5 Å². The number of benzene rings is 2. The Balaban J connectivity index is 2.04. The van der Waals surface area contributed by atoms with Gasteiger partial charge >= 0.3 is 0 Å². The zero-order chi connectivity index (χ0) is 18.6. The Kier molecular flexibility index (Phi) is 6.22. The zero-order valence-corrected chi connectivity index (χ0v) is 15.0. The van der Waals surface area contributed by atoms with Crippen LogP contribution in [0.1, 0.15) is 15.9 Å². The van der Waals surface area contributed by atoms with Gasteiger partial charge in [0.15, 0.2) is 0 Å². The number of ether oxygens (including phenoxy) is 1. The molecule has 5 nitrogen and oxygen atoms in total. The highest BCUT2D eigenvalue weighted by Crippen LogP contribution is 2.30. The summed E-state index contributed by atoms with van der Waals surface area (Å²) in [5, 5.41) is 5.39. The van der Waals surface area contributed by atoms with Crippen molar-refractivity contribution in [1.29, 1.82) is 0 Å². The van der Waals surface area contributed by atoms with Gasteiger partial charge in [-0.2, -0.15) is 0 Å². The molecule has 0 aliphatic carbocycles. The average molecular weight is 385 g/mol. The van der Waals surface area contributed by atoms with E-state index in [0.717, 1.165) is 11.6 Å². The minimum Gasteiger partial charge on any atom is -0.495 e. The maximum absolute atomic E-state index is 13.7. The van der Waals surface area contributed by atoms with Crippen molar-refractivity contribution in [2.24, 2.45) is 0 Å². The van der Waals surface area contributed by atoms with Crippen molar-refractivity contribution in [1.82, 2.24) is 5.32 Å². The van der Waals surface area contributed by atoms with E-state index >= 15 is 0 Å². The van der Waals surface area contributed by atoms with E-state index in [1.807, 2.05) is 0 Å². The maximum atomic E-state index is 13.7. The molecule has 0 radical (unpaired) electrons. The second-order valence-corrected chi connectivity index (χ2v) is 5.94. The molecule has 2 amide bonds. The fourth-order valence-electron chi connectivity index (χ4n) is 2.09. The second-order valence-electron chi connectivity index (χ2n) is 5.13. The first-order valence-electron chi connectivity index (χ1n) is 7.19. The predicted molar refractivity (Wildman–Crippen MR) is 95.1 cm³/mol. The number of carbonyl (C=O) groups excluding carboxylic acids is 2. The first-order valence-corrected chi connectivity index (χ1v) is 7.95. The molecule has 2 aromatic carbocycles. The number of anilines is 1. The van der Waals surface area contributed by atoms with Crippen LogP contribution in [0.2, 0.25) is 10.0 Å². The largest absolute Gasteiger partial charge is 0.495 e. The second kappa shape index (κ2) is 8.18. The van der Waals surface area contributed by atoms with Crippen LogP contribution in [0.25, 0.3) is 0 Å². The molecule has 0 saturated carbocycles. The molecule has 0 aromatic heterocycles. The van der Waals surface area contributed by atoms with E-state index in [4.69, 9.17) is 27.9 Å². The standard InChI is InChI=1S/C17H15Cl2FN2O3/c1-9-6-13(14(25-2)7-11(9)19)22-15(23)8-21-17(24)16-10(18)4-3-5-12(16)20/h3-7H,8H2,1-2H3,(H,21,24)(H,22,23). The van der Waals surface area contributed by atoms with Gasteiger partial charge in [-0.1, -0.05) is 29.3 Å². The number of aryl methyl sites for hydroxylation is 1. The summed E-state index contributed by atoms with van der Waals surface area (Å²) in [5.41, 5.74) is 0.851. The zero-order valence-electron chi connectivity index (χ0n) is 13.5. The van der Waals surface area contributed by atoms with Crippen LogP contribution in [0, 0.1) is 12.7 Å². The third-order valence-corrected chi connectivity index (χ3v) is 4.08. The summed E-state index contributed by atoms with van der Waals surface area (Å²) in [4.78, 5) is 24.0. The molecule has 0 aliphatic heterocycles. The van der Waals surface area contributed by atoms with Gasteiger partial charge in [-0.15, -0.1) is 0 Å². The minimum absolute atomic E-state index is 0.0343. The summed E-state index contributed by atoms with van der Waals surface area (Å²) < 4.78 is 18.8. The first kappa shape index (κ1) is 19.0. The SMILES string of the molecule is COc1cc(Cl)c(C)cc1NC(=O)CNC(=O)c1c(F)cccc1Cl. The Morgan fingerprint density at radius 3 is 2.56 bits per heavy atom. The average Bonchev–Trinajstić information content (AvgIpc) is 2.56. The van der Waals surface area contributed by atoms with Crippen LogP contribution < -0.4 is 15.4 Å². The third kappa shape index (κ3) is 4.61. The summed E-state index contributed by atoms with van der Waals surface area (Å²) in [6.07, 6.45) is 0. The van der Waals surface area contributed by atoms with Crippen molar-refractivity contribution in [3.8, 4) is 5.75 Å². The summed E-state index contributed by atoms with van der Waals surface area (Å²) in [7, 11) is 1.44. The van der Waals surface area contributed by atoms with Crippen LogP contribution in [0.4, 0.5) is 10.1 Å². The van der Waals surface area contributed by atoms with Crippen molar-refractivity contribution in [2.75, 3.05) is 19.0 Å². The lowest BCUT2D eigenvalue weighted by molar-refractivity contribution is -0.115. The highest BCUT2D eigenvalue weighted by Gasteiger charge is 2.17. The molecule has 0 bridgehead atoms. The summed E-state index contributed by atoms with van der Waals surface area (Å²) >= 11 is 11.8. The Bertz CT molecular complexity index is 808. The molecular formula is C17H15Cl2FN2O3. The van der Waals surface area contributed by atoms with E-state index in [-0.39, 0.29) is 17.1 Å². The number of methoxy groups -OCH3 is 1. The molecule has 0 aliphatic rings. The van der Waals surface area contributed by atoms with E-state index in [2.05, 4.69) is 10.6 Å². The molecule has 0 saturated heterocycles. The first-order chi connectivity index (χ1) is 11.8. The van der Waals surface area contributed by atoms with Crippen LogP contribution >= 0.6 is 23.2 Å². The van der Waals surface area contributed by atoms with Crippen LogP contribution in [0.15, 0.2) is 30.3 Å². The van der Waals surface area contributed by atoms with Crippen LogP contribution in [0.3, 0.4) is 0 Å². The number of halogens is 3. The van der Waals surface area contributed by atoms with Gasteiger partial charge in [0.1, 0.15) is 11.6 Å². The van der Waals surface area contributed by atoms with Crippen LogP contribution in [-0.2, 0) is 4.79 Å². The van der Waals surface area contributed by atoms with E-state index in [9.17, 15) is 14.0 Å². The van der Waals surface area contributed by atoms with E-state index < -0.39 is 17.6 Å².